The van der Waals surface area contributed by atoms with Crippen molar-refractivity contribution in [3.05, 3.63) is 53.8 Å². The lowest BCUT2D eigenvalue weighted by molar-refractivity contribution is -0.125. The predicted molar refractivity (Wildman–Crippen MR) is 131 cm³/mol. The van der Waals surface area contributed by atoms with E-state index in [2.05, 4.69) is 5.32 Å². The molecular formula is C26H30FN3O4S. The second-order valence-electron chi connectivity index (χ2n) is 9.86. The van der Waals surface area contributed by atoms with Crippen LogP contribution in [0.25, 0.3) is 0 Å². The van der Waals surface area contributed by atoms with E-state index in [0.717, 1.165) is 30.5 Å². The van der Waals surface area contributed by atoms with Gasteiger partial charge in [-0.3, -0.25) is 9.59 Å². The number of benzene rings is 2. The first kappa shape index (κ1) is 23.9. The van der Waals surface area contributed by atoms with Crippen molar-refractivity contribution < 1.29 is 22.4 Å². The van der Waals surface area contributed by atoms with Crippen LogP contribution < -0.4 is 10.2 Å². The molecule has 0 aromatic heterocycles. The van der Waals surface area contributed by atoms with Crippen LogP contribution in [0.3, 0.4) is 0 Å². The zero-order chi connectivity index (χ0) is 24.7. The molecule has 2 fully saturated rings. The van der Waals surface area contributed by atoms with Gasteiger partial charge in [0.1, 0.15) is 5.82 Å². The number of rotatable bonds is 5. The molecule has 1 saturated heterocycles. The third kappa shape index (κ3) is 4.59. The largest absolute Gasteiger partial charge is 0.326 e. The fourth-order valence-corrected chi connectivity index (χ4v) is 6.79. The summed E-state index contributed by atoms with van der Waals surface area (Å²) in [4.78, 5) is 27.6. The summed E-state index contributed by atoms with van der Waals surface area (Å²) in [5.41, 5.74) is 2.10. The number of carbonyl (C=O) groups excluding carboxylic acids is 2. The van der Waals surface area contributed by atoms with Gasteiger partial charge in [-0.25, -0.2) is 12.8 Å². The van der Waals surface area contributed by atoms with Crippen LogP contribution in [-0.4, -0.2) is 43.7 Å². The first-order valence-electron chi connectivity index (χ1n) is 12.3. The Bertz CT molecular complexity index is 1250. The number of hydrogen-bond acceptors (Lipinski definition) is 4. The van der Waals surface area contributed by atoms with Gasteiger partial charge >= 0.3 is 0 Å². The Kier molecular flexibility index (Phi) is 6.40. The van der Waals surface area contributed by atoms with Crippen LogP contribution in [0.1, 0.15) is 44.6 Å². The fraction of sp³-hybridized carbons (Fsp3) is 0.462. The molecule has 186 valence electrons. The molecule has 0 spiro atoms. The van der Waals surface area contributed by atoms with Crippen LogP contribution in [0.2, 0.25) is 0 Å². The van der Waals surface area contributed by atoms with E-state index in [1.54, 1.807) is 24.3 Å². The summed E-state index contributed by atoms with van der Waals surface area (Å²) in [6, 6.07) is 10.8. The van der Waals surface area contributed by atoms with Gasteiger partial charge in [0.25, 0.3) is 0 Å². The van der Waals surface area contributed by atoms with Crippen LogP contribution in [0.4, 0.5) is 15.8 Å². The van der Waals surface area contributed by atoms with E-state index in [4.69, 9.17) is 0 Å². The number of amides is 2. The minimum Gasteiger partial charge on any atom is -0.326 e. The summed E-state index contributed by atoms with van der Waals surface area (Å²) in [7, 11) is -3.71. The summed E-state index contributed by atoms with van der Waals surface area (Å²) < 4.78 is 41.5. The molecule has 2 heterocycles. The van der Waals surface area contributed by atoms with Gasteiger partial charge in [-0.15, -0.1) is 0 Å². The molecule has 0 bridgehead atoms. The van der Waals surface area contributed by atoms with Crippen LogP contribution in [0.15, 0.2) is 47.4 Å². The highest BCUT2D eigenvalue weighted by molar-refractivity contribution is 7.89. The minimum atomic E-state index is -3.71. The Morgan fingerprint density at radius 3 is 2.40 bits per heavy atom. The number of fused-ring (bicyclic) bond motifs is 1. The molecule has 9 heteroatoms. The predicted octanol–water partition coefficient (Wildman–Crippen LogP) is 3.94. The highest BCUT2D eigenvalue weighted by Gasteiger charge is 2.38. The monoisotopic (exact) mass is 499 g/mol. The molecule has 2 amide bonds. The molecule has 2 aromatic carbocycles. The summed E-state index contributed by atoms with van der Waals surface area (Å²) in [6.45, 7) is 2.48. The van der Waals surface area contributed by atoms with Crippen LogP contribution >= 0.6 is 0 Å². The Morgan fingerprint density at radius 1 is 1.00 bits per heavy atom. The number of anilines is 2. The van der Waals surface area contributed by atoms with Gasteiger partial charge in [-0.1, -0.05) is 12.5 Å². The minimum absolute atomic E-state index is 0.0170. The first-order chi connectivity index (χ1) is 16.7. The van der Waals surface area contributed by atoms with Crippen molar-refractivity contribution >= 4 is 33.2 Å². The number of carbonyl (C=O) groups is 2. The molecule has 5 rings (SSSR count). The molecule has 3 aliphatic rings. The summed E-state index contributed by atoms with van der Waals surface area (Å²) >= 11 is 0. The summed E-state index contributed by atoms with van der Waals surface area (Å²) in [5, 5.41) is 2.72. The van der Waals surface area contributed by atoms with E-state index in [1.807, 2.05) is 11.8 Å². The molecule has 1 saturated carbocycles. The molecule has 1 aliphatic carbocycles. The zero-order valence-corrected chi connectivity index (χ0v) is 20.6. The van der Waals surface area contributed by atoms with Gasteiger partial charge in [0.05, 0.1) is 4.90 Å². The van der Waals surface area contributed by atoms with Gasteiger partial charge in [-0.05, 0) is 81.0 Å². The van der Waals surface area contributed by atoms with Crippen molar-refractivity contribution in [3.63, 3.8) is 0 Å². The van der Waals surface area contributed by atoms with E-state index in [9.17, 15) is 22.4 Å². The standard InChI is InChI=1S/C26H30FN3O4S/c1-17-14-20-15-23(8-9-24(20)30(17)26(32)19-4-2-5-19)35(33,34)29-12-10-18(11-13-29)25(31)28-22-7-3-6-21(27)16-22/h3,6-9,15-19H,2,4-5,10-14H2,1H3,(H,28,31)/t17-/m0/s1. The van der Waals surface area contributed by atoms with E-state index in [1.165, 1.54) is 22.5 Å². The first-order valence-corrected chi connectivity index (χ1v) is 13.7. The summed E-state index contributed by atoms with van der Waals surface area (Å²) in [6.07, 6.45) is 4.38. The Balaban J connectivity index is 1.25. The van der Waals surface area contributed by atoms with Crippen molar-refractivity contribution in [3.8, 4) is 0 Å². The van der Waals surface area contributed by atoms with Gasteiger partial charge in [0.2, 0.25) is 21.8 Å². The van der Waals surface area contributed by atoms with Crippen molar-refractivity contribution in [2.24, 2.45) is 11.8 Å². The lowest BCUT2D eigenvalue weighted by Gasteiger charge is -2.32. The number of hydrogen-bond donors (Lipinski definition) is 1. The molecule has 7 nitrogen and oxygen atoms in total. The van der Waals surface area contributed by atoms with Crippen molar-refractivity contribution in [1.29, 1.82) is 0 Å². The fourth-order valence-electron chi connectivity index (χ4n) is 5.27. The van der Waals surface area contributed by atoms with Crippen molar-refractivity contribution in [2.75, 3.05) is 23.3 Å². The number of halogens is 1. The summed E-state index contributed by atoms with van der Waals surface area (Å²) in [5.74, 6) is -0.752. The Morgan fingerprint density at radius 2 is 1.74 bits per heavy atom. The van der Waals surface area contributed by atoms with E-state index in [0.29, 0.717) is 24.9 Å². The van der Waals surface area contributed by atoms with Crippen LogP contribution in [-0.2, 0) is 26.0 Å². The van der Waals surface area contributed by atoms with Gasteiger partial charge < -0.3 is 10.2 Å². The zero-order valence-electron chi connectivity index (χ0n) is 19.7. The molecule has 35 heavy (non-hydrogen) atoms. The molecule has 1 atom stereocenters. The molecule has 1 N–H and O–H groups in total. The molecule has 0 radical (unpaired) electrons. The Labute approximate surface area is 205 Å². The van der Waals surface area contributed by atoms with Crippen molar-refractivity contribution in [1.82, 2.24) is 4.31 Å². The number of nitrogens with zero attached hydrogens (tertiary/aromatic N) is 2. The van der Waals surface area contributed by atoms with Gasteiger partial charge in [-0.2, -0.15) is 4.31 Å². The number of nitrogens with one attached hydrogen (secondary N) is 1. The quantitative estimate of drug-likeness (QED) is 0.675. The maximum atomic E-state index is 13.4. The average Bonchev–Trinajstić information content (AvgIpc) is 3.13. The SMILES string of the molecule is C[C@H]1Cc2cc(S(=O)(=O)N3CCC(C(=O)Nc4cccc(F)c4)CC3)ccc2N1C(=O)C1CCC1. The molecular weight excluding hydrogens is 469 g/mol. The lowest BCUT2D eigenvalue weighted by Crippen LogP contribution is -2.42. The van der Waals surface area contributed by atoms with Crippen LogP contribution in [0.5, 0.6) is 0 Å². The number of piperidine rings is 1. The van der Waals surface area contributed by atoms with Gasteiger partial charge in [0.15, 0.2) is 0 Å². The molecule has 0 unspecified atom stereocenters. The van der Waals surface area contributed by atoms with E-state index < -0.39 is 15.8 Å². The molecule has 2 aliphatic heterocycles. The van der Waals surface area contributed by atoms with Crippen LogP contribution in [0, 0.1) is 17.7 Å². The van der Waals surface area contributed by atoms with Gasteiger partial charge in [0, 0.05) is 42.3 Å². The maximum absolute atomic E-state index is 13.4. The second-order valence-corrected chi connectivity index (χ2v) is 11.8. The average molecular weight is 500 g/mol. The highest BCUT2D eigenvalue weighted by atomic mass is 32.2. The number of sulfonamides is 1. The lowest BCUT2D eigenvalue weighted by atomic mass is 9.84. The third-order valence-electron chi connectivity index (χ3n) is 7.51. The normalized spacial score (nSPS) is 21.4. The maximum Gasteiger partial charge on any atom is 0.243 e. The second kappa shape index (κ2) is 9.35. The van der Waals surface area contributed by atoms with E-state index in [-0.39, 0.29) is 47.7 Å². The molecule has 2 aromatic rings. The Hall–Kier alpha value is -2.78. The van der Waals surface area contributed by atoms with Crippen molar-refractivity contribution in [2.45, 2.75) is 56.4 Å². The van der Waals surface area contributed by atoms with E-state index >= 15 is 0 Å². The third-order valence-corrected chi connectivity index (χ3v) is 9.41. The topological polar surface area (TPSA) is 86.8 Å². The smallest absolute Gasteiger partial charge is 0.243 e. The highest BCUT2D eigenvalue weighted by Crippen LogP contribution is 2.38.